The molecule has 0 aromatic heterocycles. The number of hydrogen-bond donors (Lipinski definition) is 1. The number of halogens is 2. The highest BCUT2D eigenvalue weighted by molar-refractivity contribution is 6.30. The maximum absolute atomic E-state index is 14.3. The molecule has 20 heavy (non-hydrogen) atoms. The van der Waals surface area contributed by atoms with E-state index in [2.05, 4.69) is 19.2 Å². The molecule has 1 atom stereocenters. The van der Waals surface area contributed by atoms with Gasteiger partial charge in [0, 0.05) is 16.6 Å². The average molecular weight is 298 g/mol. The molecule has 1 saturated carbocycles. The Hall–Kier alpha value is -0.600. The molecule has 1 fully saturated rings. The van der Waals surface area contributed by atoms with Gasteiger partial charge in [0.1, 0.15) is 5.82 Å². The highest BCUT2D eigenvalue weighted by Gasteiger charge is 2.42. The zero-order valence-electron chi connectivity index (χ0n) is 12.7. The summed E-state index contributed by atoms with van der Waals surface area (Å²) in [6.45, 7) is 4.51. The van der Waals surface area contributed by atoms with E-state index in [-0.39, 0.29) is 17.3 Å². The van der Waals surface area contributed by atoms with E-state index >= 15 is 0 Å². The standard InChI is InChI=1S/C17H25ClFN/c1-12(2)11-17(8-4-5-9-17)16(20-3)14-7-6-13(18)10-15(14)19/h6-7,10,12,16,20H,4-5,8-9,11H2,1-3H3. The van der Waals surface area contributed by atoms with Gasteiger partial charge in [-0.3, -0.25) is 0 Å². The first kappa shape index (κ1) is 15.8. The van der Waals surface area contributed by atoms with Gasteiger partial charge in [0.15, 0.2) is 0 Å². The molecule has 0 radical (unpaired) electrons. The van der Waals surface area contributed by atoms with E-state index in [1.165, 1.54) is 31.7 Å². The molecular weight excluding hydrogens is 273 g/mol. The van der Waals surface area contributed by atoms with Gasteiger partial charge in [0.05, 0.1) is 0 Å². The molecule has 1 aliphatic rings. The molecular formula is C17H25ClFN. The van der Waals surface area contributed by atoms with Crippen LogP contribution in [-0.4, -0.2) is 7.05 Å². The fourth-order valence-corrected chi connectivity index (χ4v) is 4.19. The van der Waals surface area contributed by atoms with Gasteiger partial charge in [0.2, 0.25) is 0 Å². The highest BCUT2D eigenvalue weighted by Crippen LogP contribution is 2.52. The Labute approximate surface area is 126 Å². The van der Waals surface area contributed by atoms with Crippen LogP contribution < -0.4 is 5.32 Å². The van der Waals surface area contributed by atoms with Crippen molar-refractivity contribution in [3.8, 4) is 0 Å². The van der Waals surface area contributed by atoms with Crippen molar-refractivity contribution < 1.29 is 4.39 Å². The quantitative estimate of drug-likeness (QED) is 0.773. The topological polar surface area (TPSA) is 12.0 Å². The summed E-state index contributed by atoms with van der Waals surface area (Å²) in [7, 11) is 1.94. The van der Waals surface area contributed by atoms with Crippen LogP contribution in [0.4, 0.5) is 4.39 Å². The lowest BCUT2D eigenvalue weighted by molar-refractivity contribution is 0.159. The second kappa shape index (κ2) is 6.44. The first-order valence-corrected chi connectivity index (χ1v) is 7.98. The van der Waals surface area contributed by atoms with E-state index in [9.17, 15) is 4.39 Å². The molecule has 1 aliphatic carbocycles. The summed E-state index contributed by atoms with van der Waals surface area (Å²) in [6.07, 6.45) is 6.00. The molecule has 0 aliphatic heterocycles. The highest BCUT2D eigenvalue weighted by atomic mass is 35.5. The number of benzene rings is 1. The first-order valence-electron chi connectivity index (χ1n) is 7.61. The molecule has 2 rings (SSSR count). The van der Waals surface area contributed by atoms with Gasteiger partial charge in [-0.1, -0.05) is 44.4 Å². The summed E-state index contributed by atoms with van der Waals surface area (Å²) in [5.74, 6) is 0.436. The monoisotopic (exact) mass is 297 g/mol. The summed E-state index contributed by atoms with van der Waals surface area (Å²) in [6, 6.07) is 5.14. The van der Waals surface area contributed by atoms with Gasteiger partial charge < -0.3 is 5.32 Å². The third kappa shape index (κ3) is 3.17. The van der Waals surface area contributed by atoms with Crippen molar-refractivity contribution in [3.05, 3.63) is 34.6 Å². The van der Waals surface area contributed by atoms with Crippen molar-refractivity contribution in [3.63, 3.8) is 0 Å². The predicted molar refractivity (Wildman–Crippen MR) is 83.6 cm³/mol. The molecule has 0 spiro atoms. The van der Waals surface area contributed by atoms with Crippen LogP contribution >= 0.6 is 11.6 Å². The van der Waals surface area contributed by atoms with Crippen LogP contribution in [0.3, 0.4) is 0 Å². The van der Waals surface area contributed by atoms with Gasteiger partial charge >= 0.3 is 0 Å². The summed E-state index contributed by atoms with van der Waals surface area (Å²) in [4.78, 5) is 0. The second-order valence-electron chi connectivity index (χ2n) is 6.55. The van der Waals surface area contributed by atoms with Crippen LogP contribution in [0.1, 0.15) is 57.6 Å². The minimum atomic E-state index is -0.188. The van der Waals surface area contributed by atoms with Crippen LogP contribution in [0.2, 0.25) is 5.02 Å². The first-order chi connectivity index (χ1) is 9.48. The zero-order valence-corrected chi connectivity index (χ0v) is 13.4. The minimum Gasteiger partial charge on any atom is -0.312 e. The zero-order chi connectivity index (χ0) is 14.8. The molecule has 0 heterocycles. The van der Waals surface area contributed by atoms with Crippen molar-refractivity contribution in [2.75, 3.05) is 7.05 Å². The lowest BCUT2D eigenvalue weighted by Gasteiger charge is -2.39. The van der Waals surface area contributed by atoms with Gasteiger partial charge in [-0.25, -0.2) is 4.39 Å². The van der Waals surface area contributed by atoms with Crippen molar-refractivity contribution in [1.29, 1.82) is 0 Å². The summed E-state index contributed by atoms with van der Waals surface area (Å²) in [5, 5.41) is 3.85. The summed E-state index contributed by atoms with van der Waals surface area (Å²) in [5.41, 5.74) is 0.942. The lowest BCUT2D eigenvalue weighted by atomic mass is 9.70. The van der Waals surface area contributed by atoms with E-state index in [0.29, 0.717) is 10.9 Å². The van der Waals surface area contributed by atoms with Gasteiger partial charge in [-0.2, -0.15) is 0 Å². The van der Waals surface area contributed by atoms with Crippen molar-refractivity contribution in [2.45, 2.75) is 52.0 Å². The Kier molecular flexibility index (Phi) is 5.09. The molecule has 1 aromatic carbocycles. The van der Waals surface area contributed by atoms with Crippen LogP contribution in [-0.2, 0) is 0 Å². The predicted octanol–water partition coefficient (Wildman–Crippen LogP) is 5.35. The Morgan fingerprint density at radius 2 is 1.95 bits per heavy atom. The van der Waals surface area contributed by atoms with E-state index in [0.717, 1.165) is 12.0 Å². The minimum absolute atomic E-state index is 0.0738. The smallest absolute Gasteiger partial charge is 0.129 e. The van der Waals surface area contributed by atoms with E-state index in [4.69, 9.17) is 11.6 Å². The van der Waals surface area contributed by atoms with Gasteiger partial charge in [-0.15, -0.1) is 0 Å². The molecule has 1 nitrogen and oxygen atoms in total. The molecule has 1 N–H and O–H groups in total. The fraction of sp³-hybridized carbons (Fsp3) is 0.647. The largest absolute Gasteiger partial charge is 0.312 e. The maximum atomic E-state index is 14.3. The van der Waals surface area contributed by atoms with E-state index in [1.54, 1.807) is 6.07 Å². The van der Waals surface area contributed by atoms with Crippen LogP contribution in [0.15, 0.2) is 18.2 Å². The third-order valence-corrected chi connectivity index (χ3v) is 4.82. The van der Waals surface area contributed by atoms with E-state index < -0.39 is 0 Å². The SMILES string of the molecule is CNC(c1ccc(Cl)cc1F)C1(CC(C)C)CCCC1. The number of hydrogen-bond acceptors (Lipinski definition) is 1. The molecule has 0 bridgehead atoms. The van der Waals surface area contributed by atoms with Gasteiger partial charge in [0.25, 0.3) is 0 Å². The molecule has 3 heteroatoms. The van der Waals surface area contributed by atoms with Crippen molar-refractivity contribution in [2.24, 2.45) is 11.3 Å². The molecule has 112 valence electrons. The summed E-state index contributed by atoms with van der Waals surface area (Å²) >= 11 is 5.88. The van der Waals surface area contributed by atoms with Crippen LogP contribution in [0, 0.1) is 17.2 Å². The van der Waals surface area contributed by atoms with Crippen molar-refractivity contribution >= 4 is 11.6 Å². The Balaban J connectivity index is 2.38. The second-order valence-corrected chi connectivity index (χ2v) is 6.99. The lowest BCUT2D eigenvalue weighted by Crippen LogP contribution is -2.36. The molecule has 0 saturated heterocycles. The number of rotatable bonds is 5. The molecule has 0 amide bonds. The Morgan fingerprint density at radius 3 is 2.45 bits per heavy atom. The Bertz CT molecular complexity index is 452. The summed E-state index contributed by atoms with van der Waals surface area (Å²) < 4.78 is 14.3. The molecule has 1 unspecified atom stereocenters. The van der Waals surface area contributed by atoms with Crippen molar-refractivity contribution in [1.82, 2.24) is 5.32 Å². The Morgan fingerprint density at radius 1 is 1.30 bits per heavy atom. The van der Waals surface area contributed by atoms with Crippen LogP contribution in [0.5, 0.6) is 0 Å². The normalized spacial score (nSPS) is 19.5. The molecule has 1 aromatic rings. The van der Waals surface area contributed by atoms with E-state index in [1.807, 2.05) is 13.1 Å². The fourth-order valence-electron chi connectivity index (χ4n) is 4.03. The third-order valence-electron chi connectivity index (χ3n) is 4.59. The average Bonchev–Trinajstić information content (AvgIpc) is 2.81. The van der Waals surface area contributed by atoms with Crippen LogP contribution in [0.25, 0.3) is 0 Å². The number of nitrogens with one attached hydrogen (secondary N) is 1. The van der Waals surface area contributed by atoms with Gasteiger partial charge in [-0.05, 0) is 49.8 Å². The maximum Gasteiger partial charge on any atom is 0.129 e.